The van der Waals surface area contributed by atoms with Crippen LogP contribution in [0.3, 0.4) is 0 Å². The van der Waals surface area contributed by atoms with E-state index in [9.17, 15) is 0 Å². The van der Waals surface area contributed by atoms with Crippen molar-refractivity contribution >= 4 is 49.0 Å². The van der Waals surface area contributed by atoms with Crippen molar-refractivity contribution in [2.75, 3.05) is 0 Å². The number of halogens is 2. The lowest BCUT2D eigenvalue weighted by Gasteiger charge is -1.94. The van der Waals surface area contributed by atoms with Crippen molar-refractivity contribution in [3.05, 3.63) is 32.6 Å². The highest BCUT2D eigenvalue weighted by molar-refractivity contribution is 9.10. The summed E-state index contributed by atoms with van der Waals surface area (Å²) in [4.78, 5) is 1.38. The Kier molecular flexibility index (Phi) is 2.63. The minimum atomic E-state index is 0.850. The summed E-state index contributed by atoms with van der Waals surface area (Å²) in [5.74, 6) is 0. The summed E-state index contributed by atoms with van der Waals surface area (Å²) in [5.41, 5.74) is 0. The van der Waals surface area contributed by atoms with Gasteiger partial charge in [0.15, 0.2) is 0 Å². The van der Waals surface area contributed by atoms with Crippen molar-refractivity contribution < 1.29 is 0 Å². The lowest BCUT2D eigenvalue weighted by Crippen LogP contribution is -1.68. The molecule has 0 aliphatic heterocycles. The highest BCUT2D eigenvalue weighted by Crippen LogP contribution is 2.36. The molecule has 2 rings (SSSR count). The third-order valence-electron chi connectivity index (χ3n) is 1.98. The second-order valence-corrected chi connectivity index (χ2v) is 5.24. The first kappa shape index (κ1) is 9.50. The number of aryl methyl sites for hydroxylation is 1. The van der Waals surface area contributed by atoms with E-state index in [-0.39, 0.29) is 0 Å². The Labute approximate surface area is 94.7 Å². The second-order valence-electron chi connectivity index (χ2n) is 2.84. The average molecular weight is 276 g/mol. The maximum Gasteiger partial charge on any atom is 0.0585 e. The van der Waals surface area contributed by atoms with E-state index in [2.05, 4.69) is 28.9 Å². The molecule has 0 saturated heterocycles. The van der Waals surface area contributed by atoms with E-state index in [1.54, 1.807) is 11.3 Å². The first-order valence-corrected chi connectivity index (χ1v) is 6.07. The van der Waals surface area contributed by atoms with Crippen molar-refractivity contribution in [3.8, 4) is 0 Å². The molecule has 0 unspecified atom stereocenters. The summed E-state index contributed by atoms with van der Waals surface area (Å²) in [5, 5.41) is 2.08. The molecule has 13 heavy (non-hydrogen) atoms. The second kappa shape index (κ2) is 3.60. The van der Waals surface area contributed by atoms with Gasteiger partial charge in [-0.2, -0.15) is 0 Å². The van der Waals surface area contributed by atoms with Gasteiger partial charge in [-0.15, -0.1) is 11.3 Å². The molecule has 0 saturated carbocycles. The van der Waals surface area contributed by atoms with Gasteiger partial charge < -0.3 is 0 Å². The van der Waals surface area contributed by atoms with Crippen LogP contribution >= 0.6 is 38.9 Å². The van der Waals surface area contributed by atoms with Crippen molar-refractivity contribution in [2.24, 2.45) is 0 Å². The highest BCUT2D eigenvalue weighted by Gasteiger charge is 2.06. The zero-order chi connectivity index (χ0) is 9.42. The van der Waals surface area contributed by atoms with Crippen LogP contribution in [-0.4, -0.2) is 0 Å². The summed E-state index contributed by atoms with van der Waals surface area (Å²) < 4.78 is 2.32. The lowest BCUT2D eigenvalue weighted by atomic mass is 10.2. The first-order valence-electron chi connectivity index (χ1n) is 4.08. The van der Waals surface area contributed by atoms with Gasteiger partial charge in [0.2, 0.25) is 0 Å². The fourth-order valence-electron chi connectivity index (χ4n) is 1.28. The topological polar surface area (TPSA) is 0 Å². The summed E-state index contributed by atoms with van der Waals surface area (Å²) in [6.07, 6.45) is 1.07. The van der Waals surface area contributed by atoms with Crippen LogP contribution in [0.15, 0.2) is 22.7 Å². The molecule has 0 N–H and O–H groups in total. The first-order chi connectivity index (χ1) is 6.22. The van der Waals surface area contributed by atoms with Crippen molar-refractivity contribution in [1.82, 2.24) is 0 Å². The Hall–Kier alpha value is -0.0500. The van der Waals surface area contributed by atoms with Gasteiger partial charge in [-0.25, -0.2) is 0 Å². The SMILES string of the molecule is CCc1cc2c(Br)ccc(Cl)c2s1. The fourth-order valence-corrected chi connectivity index (χ4v) is 3.17. The molecule has 0 bridgehead atoms. The normalized spacial score (nSPS) is 11.0. The minimum absolute atomic E-state index is 0.850. The quantitative estimate of drug-likeness (QED) is 0.696. The number of thiophene rings is 1. The van der Waals surface area contributed by atoms with Gasteiger partial charge in [0, 0.05) is 14.7 Å². The standard InChI is InChI=1S/C10H8BrClS/c1-2-6-5-7-8(11)3-4-9(12)10(7)13-6/h3-5H,2H2,1H3. The van der Waals surface area contributed by atoms with Crippen LogP contribution in [0, 0.1) is 0 Å². The molecule has 0 aliphatic carbocycles. The molecule has 0 fully saturated rings. The van der Waals surface area contributed by atoms with Crippen LogP contribution < -0.4 is 0 Å². The molecule has 3 heteroatoms. The van der Waals surface area contributed by atoms with Crippen LogP contribution in [0.1, 0.15) is 11.8 Å². The summed E-state index contributed by atoms with van der Waals surface area (Å²) in [6, 6.07) is 6.14. The van der Waals surface area contributed by atoms with E-state index in [1.807, 2.05) is 12.1 Å². The molecule has 1 aromatic carbocycles. The molecule has 1 heterocycles. The van der Waals surface area contributed by atoms with Gasteiger partial charge in [0.1, 0.15) is 0 Å². The van der Waals surface area contributed by atoms with Crippen molar-refractivity contribution in [1.29, 1.82) is 0 Å². The number of fused-ring (bicyclic) bond motifs is 1. The van der Waals surface area contributed by atoms with E-state index < -0.39 is 0 Å². The van der Waals surface area contributed by atoms with Gasteiger partial charge >= 0.3 is 0 Å². The zero-order valence-corrected chi connectivity index (χ0v) is 10.3. The van der Waals surface area contributed by atoms with E-state index >= 15 is 0 Å². The third kappa shape index (κ3) is 1.63. The largest absolute Gasteiger partial charge is 0.139 e. The van der Waals surface area contributed by atoms with Crippen LogP contribution in [-0.2, 0) is 6.42 Å². The molecular weight excluding hydrogens is 268 g/mol. The van der Waals surface area contributed by atoms with E-state index in [4.69, 9.17) is 11.6 Å². The molecule has 68 valence electrons. The van der Waals surface area contributed by atoms with Gasteiger partial charge in [-0.05, 0) is 24.6 Å². The lowest BCUT2D eigenvalue weighted by molar-refractivity contribution is 1.19. The average Bonchev–Trinajstić information content (AvgIpc) is 2.56. The van der Waals surface area contributed by atoms with Crippen LogP contribution in [0.5, 0.6) is 0 Å². The van der Waals surface area contributed by atoms with Gasteiger partial charge in [0.25, 0.3) is 0 Å². The summed E-state index contributed by atoms with van der Waals surface area (Å²) in [7, 11) is 0. The van der Waals surface area contributed by atoms with E-state index in [0.717, 1.165) is 15.9 Å². The molecule has 0 aliphatic rings. The Bertz CT molecular complexity index is 408. The number of hydrogen-bond donors (Lipinski definition) is 0. The van der Waals surface area contributed by atoms with Crippen LogP contribution in [0.2, 0.25) is 5.02 Å². The number of benzene rings is 1. The predicted octanol–water partition coefficient (Wildman–Crippen LogP) is 4.88. The van der Waals surface area contributed by atoms with Crippen LogP contribution in [0.4, 0.5) is 0 Å². The molecule has 0 spiro atoms. The maximum absolute atomic E-state index is 6.09. The highest BCUT2D eigenvalue weighted by atomic mass is 79.9. The van der Waals surface area contributed by atoms with Gasteiger partial charge in [-0.1, -0.05) is 34.5 Å². The molecular formula is C10H8BrClS. The van der Waals surface area contributed by atoms with E-state index in [0.29, 0.717) is 0 Å². The van der Waals surface area contributed by atoms with Gasteiger partial charge in [0.05, 0.1) is 9.72 Å². The molecule has 0 amide bonds. The monoisotopic (exact) mass is 274 g/mol. The predicted molar refractivity (Wildman–Crippen MR) is 63.9 cm³/mol. The molecule has 1 aromatic heterocycles. The minimum Gasteiger partial charge on any atom is -0.139 e. The number of hydrogen-bond acceptors (Lipinski definition) is 1. The molecule has 0 nitrogen and oxygen atoms in total. The Morgan fingerprint density at radius 3 is 2.85 bits per heavy atom. The van der Waals surface area contributed by atoms with E-state index in [1.165, 1.54) is 15.0 Å². The van der Waals surface area contributed by atoms with Gasteiger partial charge in [-0.3, -0.25) is 0 Å². The molecule has 0 atom stereocenters. The number of rotatable bonds is 1. The maximum atomic E-state index is 6.09. The van der Waals surface area contributed by atoms with Crippen molar-refractivity contribution in [3.63, 3.8) is 0 Å². The zero-order valence-electron chi connectivity index (χ0n) is 7.10. The molecule has 0 radical (unpaired) electrons. The van der Waals surface area contributed by atoms with Crippen LogP contribution in [0.25, 0.3) is 10.1 Å². The fraction of sp³-hybridized carbons (Fsp3) is 0.200. The van der Waals surface area contributed by atoms with Crippen molar-refractivity contribution in [2.45, 2.75) is 13.3 Å². The Morgan fingerprint density at radius 1 is 1.46 bits per heavy atom. The summed E-state index contributed by atoms with van der Waals surface area (Å²) in [6.45, 7) is 2.16. The summed E-state index contributed by atoms with van der Waals surface area (Å²) >= 11 is 11.4. The third-order valence-corrected chi connectivity index (χ3v) is 4.41. The smallest absolute Gasteiger partial charge is 0.0585 e. The Balaban J connectivity index is 2.80. The Morgan fingerprint density at radius 2 is 2.23 bits per heavy atom. The molecule has 2 aromatic rings.